The molecule has 3 aliphatic rings. The SMILES string of the molecule is C1=NC2=CCCc3c2n(c2ccncc32)C2CCCCC12. The second-order valence-electron chi connectivity index (χ2n) is 6.51. The van der Waals surface area contributed by atoms with E-state index in [0.29, 0.717) is 12.0 Å². The van der Waals surface area contributed by atoms with E-state index in [2.05, 4.69) is 34.1 Å². The van der Waals surface area contributed by atoms with E-state index in [4.69, 9.17) is 4.99 Å². The number of hydrogen-bond acceptors (Lipinski definition) is 2. The van der Waals surface area contributed by atoms with Crippen LogP contribution in [0.4, 0.5) is 0 Å². The van der Waals surface area contributed by atoms with Crippen LogP contribution in [-0.2, 0) is 6.42 Å². The molecule has 3 heteroatoms. The van der Waals surface area contributed by atoms with Crippen LogP contribution in [0.3, 0.4) is 0 Å². The molecule has 2 aliphatic carbocycles. The smallest absolute Gasteiger partial charge is 0.0826 e. The summed E-state index contributed by atoms with van der Waals surface area (Å²) in [5, 5.41) is 1.35. The molecule has 0 bridgehead atoms. The van der Waals surface area contributed by atoms with Crippen LogP contribution < -0.4 is 0 Å². The molecule has 3 heterocycles. The zero-order chi connectivity index (χ0) is 13.8. The molecule has 3 nitrogen and oxygen atoms in total. The summed E-state index contributed by atoms with van der Waals surface area (Å²) >= 11 is 0. The summed E-state index contributed by atoms with van der Waals surface area (Å²) in [5.74, 6) is 0.595. The molecule has 0 radical (unpaired) electrons. The molecule has 1 fully saturated rings. The maximum absolute atomic E-state index is 4.87. The average Bonchev–Trinajstić information content (AvgIpc) is 2.78. The van der Waals surface area contributed by atoms with Gasteiger partial charge in [0.25, 0.3) is 0 Å². The van der Waals surface area contributed by atoms with Crippen LogP contribution in [0.1, 0.15) is 49.4 Å². The minimum atomic E-state index is 0.583. The van der Waals surface area contributed by atoms with E-state index in [9.17, 15) is 0 Å². The first-order valence-electron chi connectivity index (χ1n) is 8.15. The van der Waals surface area contributed by atoms with Crippen LogP contribution in [0.5, 0.6) is 0 Å². The fourth-order valence-electron chi connectivity index (χ4n) is 4.47. The van der Waals surface area contributed by atoms with Crippen molar-refractivity contribution >= 4 is 22.8 Å². The van der Waals surface area contributed by atoms with Gasteiger partial charge < -0.3 is 4.57 Å². The van der Waals surface area contributed by atoms with Crippen molar-refractivity contribution in [1.29, 1.82) is 0 Å². The fourth-order valence-corrected chi connectivity index (χ4v) is 4.47. The molecule has 21 heavy (non-hydrogen) atoms. The predicted molar refractivity (Wildman–Crippen MR) is 85.5 cm³/mol. The summed E-state index contributed by atoms with van der Waals surface area (Å²) in [6.07, 6.45) is 16.0. The number of pyridine rings is 1. The lowest BCUT2D eigenvalue weighted by atomic mass is 9.85. The predicted octanol–water partition coefficient (Wildman–Crippen LogP) is 4.14. The third-order valence-corrected chi connectivity index (χ3v) is 5.40. The molecule has 2 atom stereocenters. The topological polar surface area (TPSA) is 30.2 Å². The highest BCUT2D eigenvalue weighted by Gasteiger charge is 2.33. The van der Waals surface area contributed by atoms with E-state index >= 15 is 0 Å². The van der Waals surface area contributed by atoms with Gasteiger partial charge in [-0.3, -0.25) is 9.98 Å². The summed E-state index contributed by atoms with van der Waals surface area (Å²) in [4.78, 5) is 9.24. The Bertz CT molecular complexity index is 781. The number of hydrogen-bond donors (Lipinski definition) is 0. The molecule has 0 amide bonds. The van der Waals surface area contributed by atoms with Crippen molar-refractivity contribution in [3.05, 3.63) is 35.8 Å². The monoisotopic (exact) mass is 277 g/mol. The molecule has 1 saturated carbocycles. The van der Waals surface area contributed by atoms with Crippen molar-refractivity contribution in [2.45, 2.75) is 44.6 Å². The maximum atomic E-state index is 4.87. The summed E-state index contributed by atoms with van der Waals surface area (Å²) in [6.45, 7) is 0. The molecule has 2 aromatic rings. The van der Waals surface area contributed by atoms with Crippen LogP contribution in [0.2, 0.25) is 0 Å². The molecule has 0 spiro atoms. The number of rotatable bonds is 0. The van der Waals surface area contributed by atoms with Gasteiger partial charge in [-0.1, -0.05) is 18.9 Å². The van der Waals surface area contributed by atoms with Crippen LogP contribution in [0, 0.1) is 5.92 Å². The van der Waals surface area contributed by atoms with Gasteiger partial charge in [-0.2, -0.15) is 0 Å². The fraction of sp³-hybridized carbons (Fsp3) is 0.444. The van der Waals surface area contributed by atoms with E-state index < -0.39 is 0 Å². The lowest BCUT2D eigenvalue weighted by Gasteiger charge is -2.31. The Labute approximate surface area is 124 Å². The third-order valence-electron chi connectivity index (χ3n) is 5.40. The Morgan fingerprint density at radius 1 is 1.19 bits per heavy atom. The van der Waals surface area contributed by atoms with Crippen molar-refractivity contribution in [3.63, 3.8) is 0 Å². The highest BCUT2D eigenvalue weighted by atomic mass is 15.1. The van der Waals surface area contributed by atoms with E-state index in [0.717, 1.165) is 12.8 Å². The minimum absolute atomic E-state index is 0.583. The van der Waals surface area contributed by atoms with E-state index in [1.165, 1.54) is 53.5 Å². The van der Waals surface area contributed by atoms with Crippen LogP contribution in [0.25, 0.3) is 16.6 Å². The standard InChI is InChI=1S/C18H19N3/c1-2-7-16-12(4-1)10-20-15-6-3-5-13-14-11-19-9-8-17(14)21(16)18(13)15/h6,8-12,16H,1-5,7H2. The average molecular weight is 277 g/mol. The summed E-state index contributed by atoms with van der Waals surface area (Å²) < 4.78 is 2.61. The molecule has 0 N–H and O–H groups in total. The Morgan fingerprint density at radius 2 is 2.14 bits per heavy atom. The van der Waals surface area contributed by atoms with Gasteiger partial charge in [0.05, 0.1) is 16.9 Å². The third kappa shape index (κ3) is 1.55. The lowest BCUT2D eigenvalue weighted by Crippen LogP contribution is -2.24. The van der Waals surface area contributed by atoms with Gasteiger partial charge >= 0.3 is 0 Å². The number of fused-ring (bicyclic) bond motifs is 5. The second-order valence-corrected chi connectivity index (χ2v) is 6.51. The van der Waals surface area contributed by atoms with Gasteiger partial charge in [-0.15, -0.1) is 0 Å². The first kappa shape index (κ1) is 11.7. The van der Waals surface area contributed by atoms with Crippen molar-refractivity contribution in [2.75, 3.05) is 0 Å². The Hall–Kier alpha value is -1.90. The van der Waals surface area contributed by atoms with Crippen LogP contribution in [-0.4, -0.2) is 15.8 Å². The number of allylic oxidation sites excluding steroid dienone is 1. The first-order chi connectivity index (χ1) is 10.4. The van der Waals surface area contributed by atoms with E-state index in [1.807, 2.05) is 6.20 Å². The van der Waals surface area contributed by atoms with Gasteiger partial charge in [0.15, 0.2) is 0 Å². The molecule has 0 aromatic carbocycles. The molecular formula is C18H19N3. The van der Waals surface area contributed by atoms with Gasteiger partial charge in [-0.25, -0.2) is 0 Å². The Kier molecular flexibility index (Phi) is 2.40. The summed E-state index contributed by atoms with van der Waals surface area (Å²) in [7, 11) is 0. The van der Waals surface area contributed by atoms with Gasteiger partial charge in [0.1, 0.15) is 0 Å². The highest BCUT2D eigenvalue weighted by Crippen LogP contribution is 2.44. The van der Waals surface area contributed by atoms with Gasteiger partial charge in [0.2, 0.25) is 0 Å². The molecule has 2 aromatic heterocycles. The van der Waals surface area contributed by atoms with E-state index in [-0.39, 0.29) is 0 Å². The number of nitrogens with zero attached hydrogens (tertiary/aromatic N) is 3. The molecule has 2 unspecified atom stereocenters. The molecular weight excluding hydrogens is 258 g/mol. The molecule has 1 aliphatic heterocycles. The van der Waals surface area contributed by atoms with Gasteiger partial charge in [-0.05, 0) is 37.3 Å². The zero-order valence-corrected chi connectivity index (χ0v) is 12.1. The van der Waals surface area contributed by atoms with Crippen LogP contribution in [0.15, 0.2) is 29.5 Å². The highest BCUT2D eigenvalue weighted by molar-refractivity contribution is 5.92. The first-order valence-corrected chi connectivity index (χ1v) is 8.15. The quantitative estimate of drug-likeness (QED) is 0.712. The maximum Gasteiger partial charge on any atom is 0.0826 e. The van der Waals surface area contributed by atoms with E-state index in [1.54, 1.807) is 0 Å². The normalized spacial score (nSPS) is 27.0. The van der Waals surface area contributed by atoms with Crippen molar-refractivity contribution in [1.82, 2.24) is 9.55 Å². The summed E-state index contributed by atoms with van der Waals surface area (Å²) in [6, 6.07) is 2.78. The molecule has 5 rings (SSSR count). The Balaban J connectivity index is 1.88. The number of aliphatic imine (C=N–C) groups is 1. The minimum Gasteiger partial charge on any atom is -0.335 e. The second kappa shape index (κ2) is 4.30. The lowest BCUT2D eigenvalue weighted by molar-refractivity contribution is 0.310. The van der Waals surface area contributed by atoms with Crippen molar-refractivity contribution in [2.24, 2.45) is 10.9 Å². The molecule has 106 valence electrons. The summed E-state index contributed by atoms with van der Waals surface area (Å²) in [5.41, 5.74) is 5.42. The number of aryl methyl sites for hydroxylation is 1. The van der Waals surface area contributed by atoms with Crippen LogP contribution >= 0.6 is 0 Å². The zero-order valence-electron chi connectivity index (χ0n) is 12.1. The molecule has 0 saturated heterocycles. The van der Waals surface area contributed by atoms with Crippen molar-refractivity contribution < 1.29 is 0 Å². The largest absolute Gasteiger partial charge is 0.335 e. The van der Waals surface area contributed by atoms with Gasteiger partial charge in [0, 0.05) is 36.0 Å². The Morgan fingerprint density at radius 3 is 3.14 bits per heavy atom. The van der Waals surface area contributed by atoms with Crippen molar-refractivity contribution in [3.8, 4) is 0 Å². The number of aromatic nitrogens is 2.